The van der Waals surface area contributed by atoms with Crippen molar-refractivity contribution in [3.63, 3.8) is 0 Å². The van der Waals surface area contributed by atoms with E-state index < -0.39 is 15.8 Å². The Morgan fingerprint density at radius 2 is 1.89 bits per heavy atom. The molecule has 4 N–H and O–H groups in total. The van der Waals surface area contributed by atoms with Crippen molar-refractivity contribution in [2.45, 2.75) is 30.6 Å². The van der Waals surface area contributed by atoms with Gasteiger partial charge < -0.3 is 10.8 Å². The monoisotopic (exact) mass is 290 g/mol. The predicted octanol–water partition coefficient (Wildman–Crippen LogP) is 1.24. The number of nitrogens with one attached hydrogen (secondary N) is 1. The third-order valence-corrected chi connectivity index (χ3v) is 4.20. The van der Waals surface area contributed by atoms with Gasteiger partial charge in [0.15, 0.2) is 0 Å². The fourth-order valence-electron chi connectivity index (χ4n) is 1.63. The molecule has 0 fully saturated rings. The molecule has 0 aliphatic heterocycles. The van der Waals surface area contributed by atoms with Gasteiger partial charge in [0.25, 0.3) is 0 Å². The van der Waals surface area contributed by atoms with Crippen LogP contribution in [0.1, 0.15) is 25.7 Å². The molecule has 0 saturated heterocycles. The minimum atomic E-state index is -3.77. The van der Waals surface area contributed by atoms with Crippen LogP contribution in [0.15, 0.2) is 23.1 Å². The van der Waals surface area contributed by atoms with Gasteiger partial charge >= 0.3 is 0 Å². The molecule has 19 heavy (non-hydrogen) atoms. The normalized spacial score (nSPS) is 11.7. The number of halogens is 1. The number of para-hydroxylation sites is 1. The first kappa shape index (κ1) is 15.9. The summed E-state index contributed by atoms with van der Waals surface area (Å²) >= 11 is 0. The van der Waals surface area contributed by atoms with Gasteiger partial charge in [-0.2, -0.15) is 0 Å². The van der Waals surface area contributed by atoms with E-state index in [2.05, 4.69) is 4.72 Å². The number of aliphatic hydroxyl groups is 1. The summed E-state index contributed by atoms with van der Waals surface area (Å²) in [5, 5.41) is 8.60. The molecule has 7 heteroatoms. The van der Waals surface area contributed by atoms with Gasteiger partial charge in [-0.3, -0.25) is 0 Å². The SMILES string of the molecule is Nc1c(F)cccc1S(=O)(=O)NCCCCCCO. The van der Waals surface area contributed by atoms with E-state index in [1.165, 1.54) is 12.1 Å². The maximum atomic E-state index is 13.2. The molecule has 1 rings (SSSR count). The fraction of sp³-hybridized carbons (Fsp3) is 0.500. The maximum Gasteiger partial charge on any atom is 0.242 e. The summed E-state index contributed by atoms with van der Waals surface area (Å²) in [4.78, 5) is -0.233. The lowest BCUT2D eigenvalue weighted by molar-refractivity contribution is 0.282. The second-order valence-electron chi connectivity index (χ2n) is 4.19. The van der Waals surface area contributed by atoms with Crippen LogP contribution >= 0.6 is 0 Å². The molecule has 108 valence electrons. The van der Waals surface area contributed by atoms with Gasteiger partial charge in [-0.1, -0.05) is 18.9 Å². The van der Waals surface area contributed by atoms with E-state index in [-0.39, 0.29) is 23.7 Å². The van der Waals surface area contributed by atoms with Crippen LogP contribution in [0, 0.1) is 5.82 Å². The van der Waals surface area contributed by atoms with E-state index in [0.29, 0.717) is 12.8 Å². The number of anilines is 1. The highest BCUT2D eigenvalue weighted by Crippen LogP contribution is 2.20. The molecule has 0 radical (unpaired) electrons. The number of nitrogens with two attached hydrogens (primary N) is 1. The van der Waals surface area contributed by atoms with Crippen LogP contribution in [0.5, 0.6) is 0 Å². The zero-order valence-corrected chi connectivity index (χ0v) is 11.4. The van der Waals surface area contributed by atoms with Gasteiger partial charge in [0.1, 0.15) is 10.7 Å². The Kier molecular flexibility index (Phi) is 6.20. The largest absolute Gasteiger partial charge is 0.396 e. The number of hydrogen-bond acceptors (Lipinski definition) is 4. The van der Waals surface area contributed by atoms with E-state index in [0.717, 1.165) is 18.9 Å². The van der Waals surface area contributed by atoms with Crippen LogP contribution in [0.4, 0.5) is 10.1 Å². The summed E-state index contributed by atoms with van der Waals surface area (Å²) in [7, 11) is -3.77. The minimum Gasteiger partial charge on any atom is -0.396 e. The molecule has 5 nitrogen and oxygen atoms in total. The topological polar surface area (TPSA) is 92.4 Å². The summed E-state index contributed by atoms with van der Waals surface area (Å²) in [5.74, 6) is -0.745. The second-order valence-corrected chi connectivity index (χ2v) is 5.92. The van der Waals surface area contributed by atoms with Crippen molar-refractivity contribution in [1.82, 2.24) is 4.72 Å². The highest BCUT2D eigenvalue weighted by molar-refractivity contribution is 7.89. The fourth-order valence-corrected chi connectivity index (χ4v) is 2.84. The van der Waals surface area contributed by atoms with E-state index in [9.17, 15) is 12.8 Å². The Labute approximate surface area is 112 Å². The molecular weight excluding hydrogens is 271 g/mol. The standard InChI is InChI=1S/C12H19FN2O3S/c13-10-6-5-7-11(12(10)14)19(17,18)15-8-3-1-2-4-9-16/h5-7,15-16H,1-4,8-9,14H2. The highest BCUT2D eigenvalue weighted by atomic mass is 32.2. The molecule has 0 amide bonds. The number of rotatable bonds is 8. The van der Waals surface area contributed by atoms with Crippen molar-refractivity contribution >= 4 is 15.7 Å². The van der Waals surface area contributed by atoms with Gasteiger partial charge in [0.2, 0.25) is 10.0 Å². The van der Waals surface area contributed by atoms with Crippen LogP contribution in [0.3, 0.4) is 0 Å². The number of hydrogen-bond donors (Lipinski definition) is 3. The molecule has 0 aliphatic carbocycles. The van der Waals surface area contributed by atoms with Crippen molar-refractivity contribution < 1.29 is 17.9 Å². The van der Waals surface area contributed by atoms with E-state index in [4.69, 9.17) is 10.8 Å². The van der Waals surface area contributed by atoms with Crippen LogP contribution in [0.25, 0.3) is 0 Å². The van der Waals surface area contributed by atoms with Gasteiger partial charge in [-0.25, -0.2) is 17.5 Å². The number of sulfonamides is 1. The highest BCUT2D eigenvalue weighted by Gasteiger charge is 2.18. The molecule has 0 aromatic heterocycles. The zero-order valence-electron chi connectivity index (χ0n) is 10.6. The molecule has 0 atom stereocenters. The van der Waals surface area contributed by atoms with E-state index in [1.54, 1.807) is 0 Å². The second kappa shape index (κ2) is 7.42. The molecule has 1 aromatic rings. The quantitative estimate of drug-likeness (QED) is 0.496. The summed E-state index contributed by atoms with van der Waals surface area (Å²) in [6, 6.07) is 3.69. The first-order valence-corrected chi connectivity index (χ1v) is 7.62. The third-order valence-electron chi connectivity index (χ3n) is 2.68. The van der Waals surface area contributed by atoms with Gasteiger partial charge in [-0.05, 0) is 25.0 Å². The number of unbranched alkanes of at least 4 members (excludes halogenated alkanes) is 3. The lowest BCUT2D eigenvalue weighted by Gasteiger charge is -2.09. The number of nitrogen functional groups attached to an aromatic ring is 1. The average molecular weight is 290 g/mol. The first-order valence-electron chi connectivity index (χ1n) is 6.13. The maximum absolute atomic E-state index is 13.2. The Bertz CT molecular complexity index is 506. The number of aliphatic hydroxyl groups excluding tert-OH is 1. The predicted molar refractivity (Wildman–Crippen MR) is 71.6 cm³/mol. The smallest absolute Gasteiger partial charge is 0.242 e. The lowest BCUT2D eigenvalue weighted by Crippen LogP contribution is -2.25. The van der Waals surface area contributed by atoms with Gasteiger partial charge in [-0.15, -0.1) is 0 Å². The van der Waals surface area contributed by atoms with Crippen molar-refractivity contribution in [2.24, 2.45) is 0 Å². The Hall–Kier alpha value is -1.18. The minimum absolute atomic E-state index is 0.144. The molecule has 0 spiro atoms. The van der Waals surface area contributed by atoms with Gasteiger partial charge in [0, 0.05) is 13.2 Å². The molecule has 0 saturated carbocycles. The summed E-state index contributed by atoms with van der Waals surface area (Å²) in [6.45, 7) is 0.412. The number of benzene rings is 1. The van der Waals surface area contributed by atoms with Crippen LogP contribution in [-0.2, 0) is 10.0 Å². The Balaban J connectivity index is 2.54. The van der Waals surface area contributed by atoms with Crippen LogP contribution in [0.2, 0.25) is 0 Å². The molecule has 0 aliphatic rings. The molecule has 0 bridgehead atoms. The molecule has 0 heterocycles. The molecule has 1 aromatic carbocycles. The lowest BCUT2D eigenvalue weighted by atomic mass is 10.2. The molecular formula is C12H19FN2O3S. The average Bonchev–Trinajstić information content (AvgIpc) is 2.36. The third kappa shape index (κ3) is 4.77. The van der Waals surface area contributed by atoms with E-state index >= 15 is 0 Å². The molecule has 0 unspecified atom stereocenters. The van der Waals surface area contributed by atoms with Crippen molar-refractivity contribution in [3.05, 3.63) is 24.0 Å². The van der Waals surface area contributed by atoms with Crippen molar-refractivity contribution in [2.75, 3.05) is 18.9 Å². The first-order chi connectivity index (χ1) is 8.99. The van der Waals surface area contributed by atoms with Crippen LogP contribution in [-0.4, -0.2) is 26.7 Å². The Morgan fingerprint density at radius 3 is 2.58 bits per heavy atom. The zero-order chi connectivity index (χ0) is 14.3. The summed E-state index contributed by atoms with van der Waals surface area (Å²) in [6.07, 6.45) is 3.04. The van der Waals surface area contributed by atoms with Crippen molar-refractivity contribution in [1.29, 1.82) is 0 Å². The van der Waals surface area contributed by atoms with Crippen molar-refractivity contribution in [3.8, 4) is 0 Å². The van der Waals surface area contributed by atoms with Gasteiger partial charge in [0.05, 0.1) is 5.69 Å². The van der Waals surface area contributed by atoms with Crippen LogP contribution < -0.4 is 10.5 Å². The Morgan fingerprint density at radius 1 is 1.21 bits per heavy atom. The van der Waals surface area contributed by atoms with E-state index in [1.807, 2.05) is 0 Å². The summed E-state index contributed by atoms with van der Waals surface area (Å²) < 4.78 is 39.4. The summed E-state index contributed by atoms with van der Waals surface area (Å²) in [5.41, 5.74) is 5.05.